The molecule has 4 heteroatoms. The fourth-order valence-electron chi connectivity index (χ4n) is 1.44. The first-order valence-corrected chi connectivity index (χ1v) is 6.13. The number of hydrogen-bond acceptors (Lipinski definition) is 2. The van der Waals surface area contributed by atoms with Crippen LogP contribution in [0.1, 0.15) is 18.9 Å². The molecule has 0 aromatic heterocycles. The topological polar surface area (TPSA) is 21.3 Å². The van der Waals surface area contributed by atoms with Gasteiger partial charge in [0.15, 0.2) is 0 Å². The van der Waals surface area contributed by atoms with E-state index in [0.29, 0.717) is 19.2 Å². The molecule has 0 saturated carbocycles. The van der Waals surface area contributed by atoms with Crippen LogP contribution in [-0.2, 0) is 11.3 Å². The Balaban J connectivity index is 2.53. The predicted molar refractivity (Wildman–Crippen MR) is 66.9 cm³/mol. The minimum atomic E-state index is -0.223. The summed E-state index contributed by atoms with van der Waals surface area (Å²) in [6.45, 7) is 3.51. The van der Waals surface area contributed by atoms with Crippen molar-refractivity contribution in [2.75, 3.05) is 13.7 Å². The van der Waals surface area contributed by atoms with E-state index in [-0.39, 0.29) is 5.82 Å². The van der Waals surface area contributed by atoms with Gasteiger partial charge in [-0.05, 0) is 24.1 Å². The number of methoxy groups -OCH3 is 1. The Labute approximate surface area is 104 Å². The van der Waals surface area contributed by atoms with E-state index in [2.05, 4.69) is 28.2 Å². The van der Waals surface area contributed by atoms with Crippen LogP contribution in [0.5, 0.6) is 0 Å². The molecular formula is C12H17BrFNO. The molecule has 0 aliphatic rings. The number of rotatable bonds is 6. The number of halogens is 2. The van der Waals surface area contributed by atoms with Crippen LogP contribution in [0.2, 0.25) is 0 Å². The van der Waals surface area contributed by atoms with E-state index in [4.69, 9.17) is 4.74 Å². The largest absolute Gasteiger partial charge is 0.383 e. The molecule has 0 amide bonds. The molecule has 1 atom stereocenters. The summed E-state index contributed by atoms with van der Waals surface area (Å²) >= 11 is 3.35. The van der Waals surface area contributed by atoms with Gasteiger partial charge in [-0.25, -0.2) is 4.39 Å². The average Bonchev–Trinajstić information content (AvgIpc) is 2.26. The molecule has 2 nitrogen and oxygen atoms in total. The third-order valence-corrected chi connectivity index (χ3v) is 3.20. The van der Waals surface area contributed by atoms with Crippen LogP contribution >= 0.6 is 15.9 Å². The molecule has 90 valence electrons. The molecule has 1 aromatic rings. The third-order valence-electron chi connectivity index (χ3n) is 2.46. The molecule has 0 aliphatic heterocycles. The van der Waals surface area contributed by atoms with Crippen molar-refractivity contribution in [1.29, 1.82) is 0 Å². The Morgan fingerprint density at radius 2 is 2.25 bits per heavy atom. The smallest absolute Gasteiger partial charge is 0.124 e. The van der Waals surface area contributed by atoms with E-state index in [1.54, 1.807) is 13.2 Å². The van der Waals surface area contributed by atoms with Crippen LogP contribution in [0.25, 0.3) is 0 Å². The van der Waals surface area contributed by atoms with Crippen LogP contribution in [0.15, 0.2) is 22.7 Å². The van der Waals surface area contributed by atoms with E-state index in [1.165, 1.54) is 12.1 Å². The quantitative estimate of drug-likeness (QED) is 0.869. The summed E-state index contributed by atoms with van der Waals surface area (Å²) in [5.74, 6) is -0.223. The second-order valence-electron chi connectivity index (χ2n) is 3.68. The third kappa shape index (κ3) is 4.20. The second-order valence-corrected chi connectivity index (χ2v) is 4.53. The van der Waals surface area contributed by atoms with Gasteiger partial charge in [0.25, 0.3) is 0 Å². The molecule has 1 rings (SSSR count). The van der Waals surface area contributed by atoms with Gasteiger partial charge in [0, 0.05) is 24.2 Å². The van der Waals surface area contributed by atoms with Gasteiger partial charge in [-0.3, -0.25) is 0 Å². The Morgan fingerprint density at radius 3 is 2.81 bits per heavy atom. The molecule has 1 N–H and O–H groups in total. The Morgan fingerprint density at radius 1 is 1.50 bits per heavy atom. The van der Waals surface area contributed by atoms with Gasteiger partial charge in [-0.2, -0.15) is 0 Å². The molecule has 0 bridgehead atoms. The Bertz CT molecular complexity index is 333. The average molecular weight is 290 g/mol. The lowest BCUT2D eigenvalue weighted by molar-refractivity contribution is 0.164. The highest BCUT2D eigenvalue weighted by atomic mass is 79.9. The van der Waals surface area contributed by atoms with Gasteiger partial charge < -0.3 is 10.1 Å². The van der Waals surface area contributed by atoms with Crippen molar-refractivity contribution in [3.05, 3.63) is 34.1 Å². The van der Waals surface area contributed by atoms with E-state index in [1.807, 2.05) is 0 Å². The zero-order chi connectivity index (χ0) is 12.0. The highest BCUT2D eigenvalue weighted by molar-refractivity contribution is 9.10. The Hall–Kier alpha value is -0.450. The van der Waals surface area contributed by atoms with Gasteiger partial charge in [0.1, 0.15) is 5.82 Å². The highest BCUT2D eigenvalue weighted by Gasteiger charge is 2.06. The minimum absolute atomic E-state index is 0.223. The molecule has 0 fully saturated rings. The maximum Gasteiger partial charge on any atom is 0.124 e. The van der Waals surface area contributed by atoms with Crippen molar-refractivity contribution in [3.8, 4) is 0 Å². The molecular weight excluding hydrogens is 273 g/mol. The van der Waals surface area contributed by atoms with Crippen molar-refractivity contribution in [1.82, 2.24) is 5.32 Å². The molecule has 0 spiro atoms. The predicted octanol–water partition coefficient (Wildman–Crippen LogP) is 3.10. The van der Waals surface area contributed by atoms with Gasteiger partial charge in [0.05, 0.1) is 6.61 Å². The molecule has 0 saturated heterocycles. The summed E-state index contributed by atoms with van der Waals surface area (Å²) in [5, 5.41) is 3.37. The molecule has 1 unspecified atom stereocenters. The summed E-state index contributed by atoms with van der Waals surface area (Å²) in [6, 6.07) is 5.07. The van der Waals surface area contributed by atoms with Gasteiger partial charge >= 0.3 is 0 Å². The van der Waals surface area contributed by atoms with E-state index >= 15 is 0 Å². The zero-order valence-electron chi connectivity index (χ0n) is 9.59. The maximum absolute atomic E-state index is 12.9. The first kappa shape index (κ1) is 13.6. The summed E-state index contributed by atoms with van der Waals surface area (Å²) < 4.78 is 18.8. The number of nitrogens with one attached hydrogen (secondary N) is 1. The van der Waals surface area contributed by atoms with Crippen molar-refractivity contribution in [2.45, 2.75) is 25.9 Å². The molecule has 0 heterocycles. The summed E-state index contributed by atoms with van der Waals surface area (Å²) in [4.78, 5) is 0. The van der Waals surface area contributed by atoms with Crippen molar-refractivity contribution in [3.63, 3.8) is 0 Å². The molecule has 16 heavy (non-hydrogen) atoms. The lowest BCUT2D eigenvalue weighted by Gasteiger charge is -2.16. The highest BCUT2D eigenvalue weighted by Crippen LogP contribution is 2.17. The molecule has 0 aliphatic carbocycles. The van der Waals surface area contributed by atoms with Crippen LogP contribution in [-0.4, -0.2) is 19.8 Å². The van der Waals surface area contributed by atoms with Gasteiger partial charge in [-0.15, -0.1) is 0 Å². The number of ether oxygens (including phenoxy) is 1. The minimum Gasteiger partial charge on any atom is -0.383 e. The van der Waals surface area contributed by atoms with E-state index in [9.17, 15) is 4.39 Å². The van der Waals surface area contributed by atoms with Gasteiger partial charge in [-0.1, -0.05) is 28.9 Å². The van der Waals surface area contributed by atoms with Crippen molar-refractivity contribution < 1.29 is 9.13 Å². The lowest BCUT2D eigenvalue weighted by atomic mass is 10.2. The maximum atomic E-state index is 12.9. The summed E-state index contributed by atoms with van der Waals surface area (Å²) in [5.41, 5.74) is 1.05. The first-order valence-electron chi connectivity index (χ1n) is 5.33. The first-order chi connectivity index (χ1) is 7.67. The van der Waals surface area contributed by atoms with Crippen LogP contribution in [0, 0.1) is 5.82 Å². The standard InChI is InChI=1S/C12H17BrFNO/c1-3-11(8-16-2)15-7-9-4-5-10(14)6-12(9)13/h4-6,11,15H,3,7-8H2,1-2H3. The SMILES string of the molecule is CCC(COC)NCc1ccc(F)cc1Br. The zero-order valence-corrected chi connectivity index (χ0v) is 11.2. The van der Waals surface area contributed by atoms with Crippen LogP contribution < -0.4 is 5.32 Å². The van der Waals surface area contributed by atoms with Crippen LogP contribution in [0.3, 0.4) is 0 Å². The van der Waals surface area contributed by atoms with Crippen molar-refractivity contribution >= 4 is 15.9 Å². The van der Waals surface area contributed by atoms with E-state index < -0.39 is 0 Å². The number of hydrogen-bond donors (Lipinski definition) is 1. The fourth-order valence-corrected chi connectivity index (χ4v) is 1.93. The fraction of sp³-hybridized carbons (Fsp3) is 0.500. The second kappa shape index (κ2) is 6.99. The monoisotopic (exact) mass is 289 g/mol. The van der Waals surface area contributed by atoms with E-state index in [0.717, 1.165) is 16.5 Å². The number of benzene rings is 1. The van der Waals surface area contributed by atoms with Gasteiger partial charge in [0.2, 0.25) is 0 Å². The molecule has 0 radical (unpaired) electrons. The van der Waals surface area contributed by atoms with Crippen LogP contribution in [0.4, 0.5) is 4.39 Å². The normalized spacial score (nSPS) is 12.8. The Kier molecular flexibility index (Phi) is 5.95. The van der Waals surface area contributed by atoms with Crippen molar-refractivity contribution in [2.24, 2.45) is 0 Å². The summed E-state index contributed by atoms with van der Waals surface area (Å²) in [7, 11) is 1.69. The molecule has 1 aromatic carbocycles. The summed E-state index contributed by atoms with van der Waals surface area (Å²) in [6.07, 6.45) is 1.01. The lowest BCUT2D eigenvalue weighted by Crippen LogP contribution is -2.32.